The van der Waals surface area contributed by atoms with Gasteiger partial charge in [-0.05, 0) is 68.1 Å². The van der Waals surface area contributed by atoms with Crippen LogP contribution in [0.3, 0.4) is 0 Å². The highest BCUT2D eigenvalue weighted by molar-refractivity contribution is 6.31. The van der Waals surface area contributed by atoms with Gasteiger partial charge in [-0.2, -0.15) is 5.10 Å². The number of aryl methyl sites for hydroxylation is 1. The molecule has 2 fully saturated rings. The smallest absolute Gasteiger partial charge is 0.257 e. The first kappa shape index (κ1) is 21.8. The minimum Gasteiger partial charge on any atom is -0.497 e. The van der Waals surface area contributed by atoms with E-state index >= 15 is 0 Å². The number of halogens is 1. The number of amides is 1. The Labute approximate surface area is 199 Å². The number of carbonyl (C=O) groups is 1. The average molecular weight is 465 g/mol. The lowest BCUT2D eigenvalue weighted by Crippen LogP contribution is -2.35. The van der Waals surface area contributed by atoms with Gasteiger partial charge in [0.05, 0.1) is 30.3 Å². The summed E-state index contributed by atoms with van der Waals surface area (Å²) < 4.78 is 7.19. The van der Waals surface area contributed by atoms with Crippen molar-refractivity contribution in [1.29, 1.82) is 0 Å². The van der Waals surface area contributed by atoms with Gasteiger partial charge >= 0.3 is 0 Å². The number of benzene rings is 2. The molecule has 0 spiro atoms. The summed E-state index contributed by atoms with van der Waals surface area (Å²) in [4.78, 5) is 17.9. The first-order chi connectivity index (χ1) is 16.0. The van der Waals surface area contributed by atoms with Gasteiger partial charge in [0.15, 0.2) is 0 Å². The molecular weight excluding hydrogens is 436 g/mol. The van der Waals surface area contributed by atoms with Crippen molar-refractivity contribution in [3.63, 3.8) is 0 Å². The second kappa shape index (κ2) is 9.10. The fourth-order valence-electron chi connectivity index (χ4n) is 4.53. The number of rotatable bonds is 5. The molecule has 0 N–H and O–H groups in total. The summed E-state index contributed by atoms with van der Waals surface area (Å²) >= 11 is 6.37. The molecule has 0 bridgehead atoms. The highest BCUT2D eigenvalue weighted by Gasteiger charge is 2.34. The first-order valence-corrected chi connectivity index (χ1v) is 12.0. The lowest BCUT2D eigenvalue weighted by molar-refractivity contribution is 0.0766. The van der Waals surface area contributed by atoms with Crippen LogP contribution in [0.15, 0.2) is 48.7 Å². The molecule has 6 nitrogen and oxygen atoms in total. The highest BCUT2D eigenvalue weighted by atomic mass is 35.5. The van der Waals surface area contributed by atoms with E-state index < -0.39 is 0 Å². The minimum atomic E-state index is 0.0814. The second-order valence-electron chi connectivity index (χ2n) is 8.89. The van der Waals surface area contributed by atoms with Crippen molar-refractivity contribution in [2.24, 2.45) is 0 Å². The number of carbonyl (C=O) groups excluding carboxylic acids is 1. The summed E-state index contributed by atoms with van der Waals surface area (Å²) in [6, 6.07) is 14.1. The topological polar surface area (TPSA) is 50.6 Å². The summed E-state index contributed by atoms with van der Waals surface area (Å²) in [7, 11) is 1.68. The Morgan fingerprint density at radius 3 is 2.48 bits per heavy atom. The Morgan fingerprint density at radius 2 is 1.79 bits per heavy atom. The lowest BCUT2D eigenvalue weighted by Gasteiger charge is -2.24. The molecular formula is C26H29ClN4O2. The molecule has 33 heavy (non-hydrogen) atoms. The van der Waals surface area contributed by atoms with Crippen molar-refractivity contribution < 1.29 is 9.53 Å². The SMILES string of the molecule is COc1ccc(N2CCCN(C(=O)c3cnn(-c4ccc(C)c(Cl)c4)c3C3CC3)CC2)cc1. The maximum atomic E-state index is 13.6. The van der Waals surface area contributed by atoms with Crippen LogP contribution < -0.4 is 9.64 Å². The third kappa shape index (κ3) is 4.44. The van der Waals surface area contributed by atoms with Gasteiger partial charge in [-0.1, -0.05) is 17.7 Å². The quantitative estimate of drug-likeness (QED) is 0.528. The predicted molar refractivity (Wildman–Crippen MR) is 131 cm³/mol. The van der Waals surface area contributed by atoms with Crippen LogP contribution in [0.2, 0.25) is 5.02 Å². The molecule has 2 heterocycles. The summed E-state index contributed by atoms with van der Waals surface area (Å²) in [5.74, 6) is 1.32. The van der Waals surface area contributed by atoms with E-state index in [1.54, 1.807) is 13.3 Å². The Morgan fingerprint density at radius 1 is 1.03 bits per heavy atom. The van der Waals surface area contributed by atoms with E-state index in [2.05, 4.69) is 22.1 Å². The molecule has 0 unspecified atom stereocenters. The van der Waals surface area contributed by atoms with Gasteiger partial charge in [-0.15, -0.1) is 0 Å². The van der Waals surface area contributed by atoms with E-state index in [-0.39, 0.29) is 5.91 Å². The number of hydrogen-bond donors (Lipinski definition) is 0. The molecule has 1 aliphatic carbocycles. The van der Waals surface area contributed by atoms with E-state index in [0.717, 1.165) is 72.8 Å². The fourth-order valence-corrected chi connectivity index (χ4v) is 4.71. The number of ether oxygens (including phenoxy) is 1. The largest absolute Gasteiger partial charge is 0.497 e. The monoisotopic (exact) mass is 464 g/mol. The molecule has 1 saturated heterocycles. The van der Waals surface area contributed by atoms with Crippen molar-refractivity contribution in [2.45, 2.75) is 32.1 Å². The maximum absolute atomic E-state index is 13.6. The predicted octanol–water partition coefficient (Wildman–Crippen LogP) is 5.07. The molecule has 1 aromatic heterocycles. The third-order valence-electron chi connectivity index (χ3n) is 6.62. The average Bonchev–Trinajstić information content (AvgIpc) is 3.63. The van der Waals surface area contributed by atoms with Crippen LogP contribution in [0, 0.1) is 6.92 Å². The standard InChI is InChI=1S/C26H29ClN4O2/c1-18-4-7-21(16-24(18)27)31-25(19-5-6-19)23(17-28-31)26(32)30-13-3-12-29(14-15-30)20-8-10-22(33-2)11-9-20/h4,7-11,16-17,19H,3,5-6,12-15H2,1-2H3. The van der Waals surface area contributed by atoms with E-state index in [0.29, 0.717) is 17.5 Å². The highest BCUT2D eigenvalue weighted by Crippen LogP contribution is 2.43. The molecule has 5 rings (SSSR count). The number of nitrogens with zero attached hydrogens (tertiary/aromatic N) is 4. The van der Waals surface area contributed by atoms with Crippen LogP contribution in [-0.4, -0.2) is 53.9 Å². The summed E-state index contributed by atoms with van der Waals surface area (Å²) in [6.45, 7) is 5.15. The molecule has 3 aromatic rings. The van der Waals surface area contributed by atoms with E-state index in [4.69, 9.17) is 16.3 Å². The molecule has 1 saturated carbocycles. The zero-order chi connectivity index (χ0) is 22.9. The van der Waals surface area contributed by atoms with Crippen molar-refractivity contribution in [3.8, 4) is 11.4 Å². The van der Waals surface area contributed by atoms with Gasteiger partial charge in [-0.3, -0.25) is 4.79 Å². The van der Waals surface area contributed by atoms with Crippen LogP contribution in [0.25, 0.3) is 5.69 Å². The van der Waals surface area contributed by atoms with Crippen molar-refractivity contribution in [1.82, 2.24) is 14.7 Å². The number of aromatic nitrogens is 2. The van der Waals surface area contributed by atoms with Gasteiger partial charge in [0.25, 0.3) is 5.91 Å². The van der Waals surface area contributed by atoms with Gasteiger partial charge in [0, 0.05) is 42.8 Å². The fraction of sp³-hybridized carbons (Fsp3) is 0.385. The van der Waals surface area contributed by atoms with Gasteiger partial charge in [0.2, 0.25) is 0 Å². The number of methoxy groups -OCH3 is 1. The van der Waals surface area contributed by atoms with Gasteiger partial charge < -0.3 is 14.5 Å². The summed E-state index contributed by atoms with van der Waals surface area (Å²) in [5, 5.41) is 5.34. The normalized spacial score (nSPS) is 16.6. The Kier molecular flexibility index (Phi) is 6.02. The van der Waals surface area contributed by atoms with Crippen molar-refractivity contribution >= 4 is 23.2 Å². The lowest BCUT2D eigenvalue weighted by atomic mass is 10.1. The molecule has 1 aliphatic heterocycles. The number of anilines is 1. The van der Waals surface area contributed by atoms with Crippen LogP contribution in [0.1, 0.15) is 46.8 Å². The molecule has 2 aliphatic rings. The third-order valence-corrected chi connectivity index (χ3v) is 7.03. The van der Waals surface area contributed by atoms with Crippen LogP contribution in [0.4, 0.5) is 5.69 Å². The van der Waals surface area contributed by atoms with Crippen molar-refractivity contribution in [2.75, 3.05) is 38.2 Å². The van der Waals surface area contributed by atoms with Crippen molar-refractivity contribution in [3.05, 3.63) is 70.5 Å². The van der Waals surface area contributed by atoms with E-state index in [1.165, 1.54) is 0 Å². The van der Waals surface area contributed by atoms with Gasteiger partial charge in [-0.25, -0.2) is 4.68 Å². The van der Waals surface area contributed by atoms with Crippen LogP contribution >= 0.6 is 11.6 Å². The van der Waals surface area contributed by atoms with Gasteiger partial charge in [0.1, 0.15) is 5.75 Å². The Bertz CT molecular complexity index is 1150. The van der Waals surface area contributed by atoms with E-state index in [9.17, 15) is 4.79 Å². The molecule has 7 heteroatoms. The Balaban J connectivity index is 1.36. The van der Waals surface area contributed by atoms with E-state index in [1.807, 2.05) is 46.8 Å². The first-order valence-electron chi connectivity index (χ1n) is 11.6. The summed E-state index contributed by atoms with van der Waals surface area (Å²) in [6.07, 6.45) is 4.86. The molecule has 2 aromatic carbocycles. The maximum Gasteiger partial charge on any atom is 0.257 e. The Hall–Kier alpha value is -2.99. The summed E-state index contributed by atoms with van der Waals surface area (Å²) in [5.41, 5.74) is 4.85. The molecule has 0 atom stereocenters. The minimum absolute atomic E-state index is 0.0814. The zero-order valence-electron chi connectivity index (χ0n) is 19.1. The molecule has 1 amide bonds. The number of hydrogen-bond acceptors (Lipinski definition) is 4. The van der Waals surface area contributed by atoms with Crippen LogP contribution in [0.5, 0.6) is 5.75 Å². The second-order valence-corrected chi connectivity index (χ2v) is 9.30. The zero-order valence-corrected chi connectivity index (χ0v) is 19.9. The molecule has 172 valence electrons. The molecule has 0 radical (unpaired) electrons. The van der Waals surface area contributed by atoms with Crippen LogP contribution in [-0.2, 0) is 0 Å².